The molecule has 0 aliphatic carbocycles. The molecule has 7 heteroatoms. The Bertz CT molecular complexity index is 432. The van der Waals surface area contributed by atoms with Crippen LogP contribution in [0.2, 0.25) is 5.02 Å². The summed E-state index contributed by atoms with van der Waals surface area (Å²) in [6.45, 7) is 0. The van der Waals surface area contributed by atoms with Gasteiger partial charge in [0.25, 0.3) is 5.91 Å². The summed E-state index contributed by atoms with van der Waals surface area (Å²) in [6, 6.07) is 6.25. The lowest BCUT2D eigenvalue weighted by molar-refractivity contribution is -0.119. The number of halogens is 1. The maximum absolute atomic E-state index is 10.9. The number of nitrogens with zero attached hydrogens (tertiary/aromatic N) is 1. The van der Waals surface area contributed by atoms with E-state index in [1.54, 1.807) is 24.3 Å². The summed E-state index contributed by atoms with van der Waals surface area (Å²) in [5.74, 6) is -0.925. The minimum Gasteiger partial charge on any atom is -0.441 e. The number of hydrogen-bond acceptors (Lipinski definition) is 4. The third-order valence-corrected chi connectivity index (χ3v) is 2.21. The van der Waals surface area contributed by atoms with Gasteiger partial charge in [-0.05, 0) is 17.7 Å². The largest absolute Gasteiger partial charge is 0.441 e. The highest BCUT2D eigenvalue weighted by Crippen LogP contribution is 2.23. The summed E-state index contributed by atoms with van der Waals surface area (Å²) >= 11 is 5.69. The van der Waals surface area contributed by atoms with Gasteiger partial charge in [-0.25, -0.2) is 4.79 Å². The average Bonchev–Trinajstić information content (AvgIpc) is 2.28. The smallest absolute Gasteiger partial charge is 0.405 e. The predicted octanol–water partition coefficient (Wildman–Crippen LogP) is 2.16. The zero-order valence-electron chi connectivity index (χ0n) is 8.63. The molecule has 0 heterocycles. The Labute approximate surface area is 102 Å². The van der Waals surface area contributed by atoms with Crippen molar-refractivity contribution in [3.8, 4) is 0 Å². The van der Waals surface area contributed by atoms with Gasteiger partial charge in [0.15, 0.2) is 0 Å². The molecular weight excluding hydrogens is 248 g/mol. The van der Waals surface area contributed by atoms with E-state index in [1.165, 1.54) is 0 Å². The van der Waals surface area contributed by atoms with Crippen LogP contribution in [0.5, 0.6) is 0 Å². The number of nitroso groups, excluding NO2 is 1. The Balaban J connectivity index is 2.88. The number of primary amides is 1. The van der Waals surface area contributed by atoms with Crippen molar-refractivity contribution in [1.29, 1.82) is 0 Å². The van der Waals surface area contributed by atoms with Gasteiger partial charge in [0.1, 0.15) is 6.10 Å². The fraction of sp³-hybridized carbons (Fsp3) is 0.200. The molecule has 1 aromatic carbocycles. The van der Waals surface area contributed by atoms with Gasteiger partial charge in [-0.1, -0.05) is 23.7 Å². The highest BCUT2D eigenvalue weighted by molar-refractivity contribution is 6.30. The second-order valence-electron chi connectivity index (χ2n) is 3.17. The fourth-order valence-electron chi connectivity index (χ4n) is 1.24. The minimum absolute atomic E-state index is 0.353. The molecule has 0 saturated heterocycles. The molecule has 0 spiro atoms. The van der Waals surface area contributed by atoms with E-state index >= 15 is 0 Å². The Morgan fingerprint density at radius 3 is 2.41 bits per heavy atom. The molecule has 90 valence electrons. The summed E-state index contributed by atoms with van der Waals surface area (Å²) < 4.78 is 4.72. The summed E-state index contributed by atoms with van der Waals surface area (Å²) in [6.07, 6.45) is -2.33. The number of hydrogen-bond donors (Lipinski definition) is 1. The molecule has 17 heavy (non-hydrogen) atoms. The van der Waals surface area contributed by atoms with Gasteiger partial charge in [0, 0.05) is 10.2 Å². The zero-order chi connectivity index (χ0) is 12.8. The highest BCUT2D eigenvalue weighted by Gasteiger charge is 2.19. The normalized spacial score (nSPS) is 11.6. The van der Waals surface area contributed by atoms with E-state index in [-0.39, 0.29) is 6.42 Å². The summed E-state index contributed by atoms with van der Waals surface area (Å²) in [5, 5.41) is 2.72. The molecule has 1 aromatic rings. The maximum Gasteiger partial charge on any atom is 0.405 e. The number of ether oxygens (including phenoxy) is 1. The number of nitrogens with two attached hydrogens (primary N) is 1. The number of rotatable bonds is 4. The zero-order valence-corrected chi connectivity index (χ0v) is 9.39. The van der Waals surface area contributed by atoms with Crippen LogP contribution in [0.25, 0.3) is 0 Å². The van der Waals surface area contributed by atoms with Crippen molar-refractivity contribution in [3.05, 3.63) is 39.8 Å². The van der Waals surface area contributed by atoms with Crippen molar-refractivity contribution in [2.24, 2.45) is 10.9 Å². The Morgan fingerprint density at radius 2 is 1.94 bits per heavy atom. The quantitative estimate of drug-likeness (QED) is 0.834. The number of carbonyl (C=O) groups is 2. The van der Waals surface area contributed by atoms with Crippen LogP contribution in [0.1, 0.15) is 18.1 Å². The lowest BCUT2D eigenvalue weighted by atomic mass is 10.1. The number of benzene rings is 1. The first-order chi connectivity index (χ1) is 8.02. The number of carbonyl (C=O) groups excluding carboxylic acids is 2. The van der Waals surface area contributed by atoms with Crippen LogP contribution in [0, 0.1) is 4.91 Å². The van der Waals surface area contributed by atoms with E-state index in [9.17, 15) is 14.5 Å². The molecule has 1 atom stereocenters. The molecule has 6 nitrogen and oxygen atoms in total. The van der Waals surface area contributed by atoms with Crippen LogP contribution < -0.4 is 5.73 Å². The minimum atomic E-state index is -1.04. The second kappa shape index (κ2) is 5.95. The van der Waals surface area contributed by atoms with Crippen molar-refractivity contribution in [2.45, 2.75) is 12.5 Å². The first-order valence-corrected chi connectivity index (χ1v) is 4.98. The van der Waals surface area contributed by atoms with Gasteiger partial charge in [-0.3, -0.25) is 4.79 Å². The molecular formula is C10H9ClN2O4. The lowest BCUT2D eigenvalue weighted by Crippen LogP contribution is -2.19. The Morgan fingerprint density at radius 1 is 1.35 bits per heavy atom. The van der Waals surface area contributed by atoms with Gasteiger partial charge in [-0.15, -0.1) is 4.91 Å². The molecule has 0 aliphatic rings. The standard InChI is InChI=1S/C10H9ClN2O4/c11-7-3-1-6(2-4-7)8(17-10(12)15)5-9(14)13-16/h1-4,8H,5H2,(H2,12,15)/t8-/m0/s1. The van der Waals surface area contributed by atoms with Crippen molar-refractivity contribution in [1.82, 2.24) is 0 Å². The predicted molar refractivity (Wildman–Crippen MR) is 60.3 cm³/mol. The lowest BCUT2D eigenvalue weighted by Gasteiger charge is -2.14. The molecule has 0 saturated carbocycles. The van der Waals surface area contributed by atoms with Gasteiger partial charge >= 0.3 is 6.09 Å². The Kier molecular flexibility index (Phi) is 4.59. The molecule has 1 rings (SSSR count). The highest BCUT2D eigenvalue weighted by atomic mass is 35.5. The molecule has 0 fully saturated rings. The Hall–Kier alpha value is -1.95. The van der Waals surface area contributed by atoms with E-state index in [2.05, 4.69) is 5.18 Å². The molecule has 0 aromatic heterocycles. The monoisotopic (exact) mass is 256 g/mol. The van der Waals surface area contributed by atoms with E-state index in [0.717, 1.165) is 0 Å². The number of amides is 2. The van der Waals surface area contributed by atoms with Gasteiger partial charge in [-0.2, -0.15) is 0 Å². The third kappa shape index (κ3) is 4.20. The van der Waals surface area contributed by atoms with E-state index in [1.807, 2.05) is 0 Å². The molecule has 0 unspecified atom stereocenters. The van der Waals surface area contributed by atoms with Crippen molar-refractivity contribution >= 4 is 23.6 Å². The SMILES string of the molecule is NC(=O)O[C@@H](CC(=O)N=O)c1ccc(Cl)cc1. The first kappa shape index (κ1) is 13.1. The maximum atomic E-state index is 10.9. The molecule has 2 amide bonds. The summed E-state index contributed by atoms with van der Waals surface area (Å²) in [4.78, 5) is 31.6. The van der Waals surface area contributed by atoms with E-state index in [4.69, 9.17) is 22.1 Å². The fourth-order valence-corrected chi connectivity index (χ4v) is 1.37. The van der Waals surface area contributed by atoms with Crippen LogP contribution >= 0.6 is 11.6 Å². The van der Waals surface area contributed by atoms with Crippen LogP contribution in [0.3, 0.4) is 0 Å². The molecule has 2 N–H and O–H groups in total. The topological polar surface area (TPSA) is 98.8 Å². The van der Waals surface area contributed by atoms with Crippen LogP contribution in [-0.4, -0.2) is 12.0 Å². The van der Waals surface area contributed by atoms with Crippen molar-refractivity contribution < 1.29 is 14.3 Å². The summed E-state index contributed by atoms with van der Waals surface area (Å²) in [7, 11) is 0. The van der Waals surface area contributed by atoms with Gasteiger partial charge in [0.2, 0.25) is 0 Å². The van der Waals surface area contributed by atoms with Crippen LogP contribution in [0.15, 0.2) is 29.4 Å². The van der Waals surface area contributed by atoms with Crippen LogP contribution in [-0.2, 0) is 9.53 Å². The molecule has 0 bridgehead atoms. The van der Waals surface area contributed by atoms with Crippen molar-refractivity contribution in [2.75, 3.05) is 0 Å². The van der Waals surface area contributed by atoms with Gasteiger partial charge < -0.3 is 10.5 Å². The average molecular weight is 257 g/mol. The summed E-state index contributed by atoms with van der Waals surface area (Å²) in [5.41, 5.74) is 5.38. The molecule has 0 aliphatic heterocycles. The molecule has 0 radical (unpaired) electrons. The third-order valence-electron chi connectivity index (χ3n) is 1.96. The van der Waals surface area contributed by atoms with E-state index < -0.39 is 18.1 Å². The second-order valence-corrected chi connectivity index (χ2v) is 3.60. The van der Waals surface area contributed by atoms with Crippen molar-refractivity contribution in [3.63, 3.8) is 0 Å². The van der Waals surface area contributed by atoms with Crippen LogP contribution in [0.4, 0.5) is 4.79 Å². The van der Waals surface area contributed by atoms with E-state index in [0.29, 0.717) is 10.6 Å². The first-order valence-electron chi connectivity index (χ1n) is 4.60. The van der Waals surface area contributed by atoms with Gasteiger partial charge in [0.05, 0.1) is 6.42 Å².